The van der Waals surface area contributed by atoms with Crippen LogP contribution in [-0.2, 0) is 14.4 Å². The van der Waals surface area contributed by atoms with E-state index in [1.165, 1.54) is 7.05 Å². The number of rotatable bonds is 6. The first-order valence-electron chi connectivity index (χ1n) is 7.27. The van der Waals surface area contributed by atoms with Gasteiger partial charge in [-0.05, 0) is 26.2 Å². The fourth-order valence-electron chi connectivity index (χ4n) is 2.27. The molecule has 6 heteroatoms. The minimum atomic E-state index is -0.458. The zero-order valence-electron chi connectivity index (χ0n) is 12.7. The Morgan fingerprint density at radius 2 is 1.95 bits per heavy atom. The number of hydrogen-bond acceptors (Lipinski definition) is 4. The van der Waals surface area contributed by atoms with Crippen LogP contribution in [0.15, 0.2) is 0 Å². The number of imide groups is 1. The molecule has 114 valence electrons. The number of likely N-dealkylation sites (tertiary alicyclic amines) is 1. The Kier molecular flexibility index (Phi) is 6.13. The topological polar surface area (TPSA) is 78.5 Å². The van der Waals surface area contributed by atoms with Crippen molar-refractivity contribution < 1.29 is 14.4 Å². The highest BCUT2D eigenvalue weighted by molar-refractivity contribution is 6.00. The molecule has 1 aliphatic heterocycles. The van der Waals surface area contributed by atoms with Gasteiger partial charge in [0.05, 0.1) is 12.1 Å². The molecule has 1 aliphatic rings. The van der Waals surface area contributed by atoms with Gasteiger partial charge in [0.25, 0.3) is 0 Å². The molecule has 0 aliphatic carbocycles. The SMILES string of the molecule is CCC(CC)NC(=O)C(C)NC1CCC(=O)N(C)C1=O. The first kappa shape index (κ1) is 16.6. The molecule has 2 N–H and O–H groups in total. The second kappa shape index (κ2) is 7.38. The van der Waals surface area contributed by atoms with Crippen LogP contribution in [0.1, 0.15) is 46.5 Å². The molecule has 0 aromatic heterocycles. The Morgan fingerprint density at radius 1 is 1.35 bits per heavy atom. The lowest BCUT2D eigenvalue weighted by Crippen LogP contribution is -2.56. The van der Waals surface area contributed by atoms with Crippen molar-refractivity contribution in [2.75, 3.05) is 7.05 Å². The van der Waals surface area contributed by atoms with Crippen molar-refractivity contribution in [3.63, 3.8) is 0 Å². The fraction of sp³-hybridized carbons (Fsp3) is 0.786. The number of nitrogens with one attached hydrogen (secondary N) is 2. The summed E-state index contributed by atoms with van der Waals surface area (Å²) >= 11 is 0. The second-order valence-corrected chi connectivity index (χ2v) is 5.29. The van der Waals surface area contributed by atoms with E-state index in [1.807, 2.05) is 13.8 Å². The molecule has 1 saturated heterocycles. The number of carbonyl (C=O) groups excluding carboxylic acids is 3. The first-order valence-corrected chi connectivity index (χ1v) is 7.27. The highest BCUT2D eigenvalue weighted by Crippen LogP contribution is 2.12. The monoisotopic (exact) mass is 283 g/mol. The van der Waals surface area contributed by atoms with Gasteiger partial charge in [0, 0.05) is 19.5 Å². The number of hydrogen-bond donors (Lipinski definition) is 2. The second-order valence-electron chi connectivity index (χ2n) is 5.29. The summed E-state index contributed by atoms with van der Waals surface area (Å²) in [6.45, 7) is 5.79. The van der Waals surface area contributed by atoms with Gasteiger partial charge in [0.2, 0.25) is 17.7 Å². The molecular formula is C14H25N3O3. The molecular weight excluding hydrogens is 258 g/mol. The van der Waals surface area contributed by atoms with Gasteiger partial charge in [-0.2, -0.15) is 0 Å². The van der Waals surface area contributed by atoms with Gasteiger partial charge >= 0.3 is 0 Å². The normalized spacial score (nSPS) is 21.2. The third-order valence-electron chi connectivity index (χ3n) is 3.83. The van der Waals surface area contributed by atoms with Crippen molar-refractivity contribution >= 4 is 17.7 Å². The van der Waals surface area contributed by atoms with Crippen LogP contribution in [0.25, 0.3) is 0 Å². The average Bonchev–Trinajstić information content (AvgIpc) is 2.44. The number of amides is 3. The van der Waals surface area contributed by atoms with Crippen LogP contribution in [0.5, 0.6) is 0 Å². The molecule has 20 heavy (non-hydrogen) atoms. The van der Waals surface area contributed by atoms with Crippen molar-refractivity contribution in [1.29, 1.82) is 0 Å². The number of nitrogens with zero attached hydrogens (tertiary/aromatic N) is 1. The Balaban J connectivity index is 2.53. The van der Waals surface area contributed by atoms with E-state index >= 15 is 0 Å². The molecule has 2 unspecified atom stereocenters. The Morgan fingerprint density at radius 3 is 2.50 bits per heavy atom. The van der Waals surface area contributed by atoms with Gasteiger partial charge in [-0.3, -0.25) is 24.6 Å². The third-order valence-corrected chi connectivity index (χ3v) is 3.83. The molecule has 0 spiro atoms. The largest absolute Gasteiger partial charge is 0.352 e. The van der Waals surface area contributed by atoms with Gasteiger partial charge in [0.15, 0.2) is 0 Å². The van der Waals surface area contributed by atoms with Crippen LogP contribution < -0.4 is 10.6 Å². The Bertz CT molecular complexity index is 380. The van der Waals surface area contributed by atoms with Crippen molar-refractivity contribution in [3.05, 3.63) is 0 Å². The maximum absolute atomic E-state index is 12.0. The van der Waals surface area contributed by atoms with E-state index in [9.17, 15) is 14.4 Å². The molecule has 6 nitrogen and oxygen atoms in total. The van der Waals surface area contributed by atoms with Crippen LogP contribution >= 0.6 is 0 Å². The van der Waals surface area contributed by atoms with E-state index in [4.69, 9.17) is 0 Å². The minimum absolute atomic E-state index is 0.106. The zero-order chi connectivity index (χ0) is 15.3. The molecule has 3 amide bonds. The molecule has 0 aromatic rings. The molecule has 2 atom stereocenters. The lowest BCUT2D eigenvalue weighted by Gasteiger charge is -2.30. The Hall–Kier alpha value is -1.43. The van der Waals surface area contributed by atoms with Crippen LogP contribution in [0.4, 0.5) is 0 Å². The van der Waals surface area contributed by atoms with Gasteiger partial charge < -0.3 is 5.32 Å². The fourth-order valence-corrected chi connectivity index (χ4v) is 2.27. The van der Waals surface area contributed by atoms with E-state index in [2.05, 4.69) is 10.6 Å². The van der Waals surface area contributed by atoms with Crippen LogP contribution in [-0.4, -0.2) is 47.8 Å². The number of likely N-dealkylation sites (N-methyl/N-ethyl adjacent to an activating group) is 1. The number of piperidine rings is 1. The lowest BCUT2D eigenvalue weighted by atomic mass is 10.0. The van der Waals surface area contributed by atoms with Gasteiger partial charge in [-0.25, -0.2) is 0 Å². The first-order chi connectivity index (χ1) is 9.40. The van der Waals surface area contributed by atoms with Gasteiger partial charge in [-0.1, -0.05) is 13.8 Å². The van der Waals surface area contributed by atoms with Crippen molar-refractivity contribution in [1.82, 2.24) is 15.5 Å². The summed E-state index contributed by atoms with van der Waals surface area (Å²) in [4.78, 5) is 36.5. The predicted molar refractivity (Wildman–Crippen MR) is 75.9 cm³/mol. The maximum Gasteiger partial charge on any atom is 0.246 e. The average molecular weight is 283 g/mol. The van der Waals surface area contributed by atoms with E-state index in [1.54, 1.807) is 6.92 Å². The molecule has 1 fully saturated rings. The van der Waals surface area contributed by atoms with E-state index in [0.29, 0.717) is 12.8 Å². The quantitative estimate of drug-likeness (QED) is 0.692. The van der Waals surface area contributed by atoms with Crippen LogP contribution in [0, 0.1) is 0 Å². The summed E-state index contributed by atoms with van der Waals surface area (Å²) in [5, 5.41) is 5.96. The molecule has 0 radical (unpaired) electrons. The van der Waals surface area contributed by atoms with E-state index < -0.39 is 12.1 Å². The zero-order valence-corrected chi connectivity index (χ0v) is 12.7. The number of carbonyl (C=O) groups is 3. The lowest BCUT2D eigenvalue weighted by molar-refractivity contribution is -0.148. The summed E-state index contributed by atoms with van der Waals surface area (Å²) < 4.78 is 0. The van der Waals surface area contributed by atoms with Gasteiger partial charge in [0.1, 0.15) is 0 Å². The van der Waals surface area contributed by atoms with Crippen LogP contribution in [0.2, 0.25) is 0 Å². The highest BCUT2D eigenvalue weighted by atomic mass is 16.2. The van der Waals surface area contributed by atoms with Crippen molar-refractivity contribution in [2.24, 2.45) is 0 Å². The standard InChI is InChI=1S/C14H25N3O3/c1-5-10(6-2)16-13(19)9(3)15-11-7-8-12(18)17(4)14(11)20/h9-11,15H,5-8H2,1-4H3,(H,16,19). The van der Waals surface area contributed by atoms with Crippen molar-refractivity contribution in [2.45, 2.75) is 64.6 Å². The maximum atomic E-state index is 12.0. The summed E-state index contributed by atoms with van der Waals surface area (Å²) in [5.41, 5.74) is 0. The molecule has 1 heterocycles. The van der Waals surface area contributed by atoms with E-state index in [0.717, 1.165) is 17.7 Å². The molecule has 1 rings (SSSR count). The summed E-state index contributed by atoms with van der Waals surface area (Å²) in [6, 6.07) is -0.746. The summed E-state index contributed by atoms with van der Waals surface area (Å²) in [6.07, 6.45) is 2.55. The van der Waals surface area contributed by atoms with E-state index in [-0.39, 0.29) is 23.8 Å². The van der Waals surface area contributed by atoms with Crippen molar-refractivity contribution in [3.8, 4) is 0 Å². The summed E-state index contributed by atoms with van der Waals surface area (Å²) in [7, 11) is 1.48. The third kappa shape index (κ3) is 4.03. The van der Waals surface area contributed by atoms with Crippen LogP contribution in [0.3, 0.4) is 0 Å². The highest BCUT2D eigenvalue weighted by Gasteiger charge is 2.33. The smallest absolute Gasteiger partial charge is 0.246 e. The minimum Gasteiger partial charge on any atom is -0.352 e. The van der Waals surface area contributed by atoms with Gasteiger partial charge in [-0.15, -0.1) is 0 Å². The Labute approximate surface area is 120 Å². The molecule has 0 bridgehead atoms. The molecule has 0 aromatic carbocycles. The predicted octanol–water partition coefficient (Wildman–Crippen LogP) is 0.417. The summed E-state index contributed by atoms with van der Waals surface area (Å²) in [5.74, 6) is -0.531. The molecule has 0 saturated carbocycles.